The number of piperidine rings is 1. The first-order valence-corrected chi connectivity index (χ1v) is 11.4. The minimum absolute atomic E-state index is 0.0911. The Morgan fingerprint density at radius 1 is 1.09 bits per heavy atom. The lowest BCUT2D eigenvalue weighted by Crippen LogP contribution is -2.53. The van der Waals surface area contributed by atoms with E-state index in [0.29, 0.717) is 6.54 Å². The lowest BCUT2D eigenvalue weighted by Gasteiger charge is -2.41. The van der Waals surface area contributed by atoms with Gasteiger partial charge < -0.3 is 19.8 Å². The monoisotopic (exact) mass is 498 g/mol. The molecule has 2 atom stereocenters. The standard InChI is InChI=1S/C22H25ClN2O2.C2HF3O2/c23-17-6-7-21-16(12-17)13-22(27-21)8-10-24(11-9-22)19-14-25(15-20(19)26)18-4-2-1-3-5-18;3-2(4,5)1(6)7/h1-7,12,19-20,26H,8-11,13-15H2;(H,6,7)/t19-,20-;/m1./s1. The quantitative estimate of drug-likeness (QED) is 0.652. The fourth-order valence-electron chi connectivity index (χ4n) is 4.92. The van der Waals surface area contributed by atoms with E-state index in [2.05, 4.69) is 34.1 Å². The molecule has 3 heterocycles. The highest BCUT2D eigenvalue weighted by atomic mass is 35.5. The summed E-state index contributed by atoms with van der Waals surface area (Å²) in [6, 6.07) is 16.5. The molecule has 0 bridgehead atoms. The number of para-hydroxylation sites is 1. The van der Waals surface area contributed by atoms with Crippen molar-refractivity contribution in [3.63, 3.8) is 0 Å². The maximum absolute atomic E-state index is 10.7. The second-order valence-electron chi connectivity index (χ2n) is 8.93. The SMILES string of the molecule is O=C(O)C(F)(F)F.O[C@@H]1CN(c2ccccc2)C[C@H]1N1CCC2(CC1)Cc1cc(Cl)ccc1O2. The second kappa shape index (κ2) is 9.64. The number of carbonyl (C=O) groups is 1. The fourth-order valence-corrected chi connectivity index (χ4v) is 5.12. The van der Waals surface area contributed by atoms with Crippen LogP contribution >= 0.6 is 11.6 Å². The molecular formula is C24H26ClF3N2O4. The highest BCUT2D eigenvalue weighted by molar-refractivity contribution is 6.30. The van der Waals surface area contributed by atoms with Crippen LogP contribution in [-0.4, -0.2) is 71.2 Å². The fraction of sp³-hybridized carbons (Fsp3) is 0.458. The van der Waals surface area contributed by atoms with E-state index in [4.69, 9.17) is 26.2 Å². The Balaban J connectivity index is 0.000000344. The Morgan fingerprint density at radius 2 is 1.74 bits per heavy atom. The molecule has 10 heteroatoms. The first-order valence-electron chi connectivity index (χ1n) is 11.1. The number of aliphatic hydroxyl groups is 1. The van der Waals surface area contributed by atoms with Crippen molar-refractivity contribution in [1.29, 1.82) is 0 Å². The van der Waals surface area contributed by atoms with Gasteiger partial charge in [-0.05, 0) is 35.9 Å². The molecule has 2 saturated heterocycles. The number of carboxylic acids is 1. The van der Waals surface area contributed by atoms with E-state index in [9.17, 15) is 18.3 Å². The number of β-amino-alcohol motifs (C(OH)–C–C–N with tert-alkyl or cyclic N) is 1. The van der Waals surface area contributed by atoms with E-state index in [-0.39, 0.29) is 17.7 Å². The molecule has 34 heavy (non-hydrogen) atoms. The zero-order chi connectivity index (χ0) is 24.5. The molecule has 3 aliphatic heterocycles. The van der Waals surface area contributed by atoms with Crippen LogP contribution in [0.4, 0.5) is 18.9 Å². The van der Waals surface area contributed by atoms with E-state index in [0.717, 1.165) is 49.7 Å². The normalized spacial score (nSPS) is 23.7. The van der Waals surface area contributed by atoms with E-state index in [1.54, 1.807) is 0 Å². The van der Waals surface area contributed by atoms with Crippen molar-refractivity contribution >= 4 is 23.3 Å². The maximum atomic E-state index is 10.7. The van der Waals surface area contributed by atoms with Gasteiger partial charge in [-0.1, -0.05) is 29.8 Å². The van der Waals surface area contributed by atoms with Crippen molar-refractivity contribution in [2.24, 2.45) is 0 Å². The van der Waals surface area contributed by atoms with E-state index < -0.39 is 12.1 Å². The summed E-state index contributed by atoms with van der Waals surface area (Å²) in [5.41, 5.74) is 2.33. The molecule has 0 radical (unpaired) electrons. The molecule has 6 nitrogen and oxygen atoms in total. The zero-order valence-corrected chi connectivity index (χ0v) is 19.1. The molecule has 3 aliphatic rings. The molecule has 0 aromatic heterocycles. The van der Waals surface area contributed by atoms with Crippen LogP contribution in [0.1, 0.15) is 18.4 Å². The number of hydrogen-bond donors (Lipinski definition) is 2. The van der Waals surface area contributed by atoms with Gasteiger partial charge in [0.15, 0.2) is 0 Å². The van der Waals surface area contributed by atoms with Crippen molar-refractivity contribution < 1.29 is 32.9 Å². The van der Waals surface area contributed by atoms with Gasteiger partial charge in [-0.2, -0.15) is 13.2 Å². The zero-order valence-electron chi connectivity index (χ0n) is 18.3. The van der Waals surface area contributed by atoms with Gasteiger partial charge in [0.05, 0.1) is 12.1 Å². The topological polar surface area (TPSA) is 73.2 Å². The predicted molar refractivity (Wildman–Crippen MR) is 121 cm³/mol. The number of carboxylic acid groups (broad SMARTS) is 1. The molecule has 0 aliphatic carbocycles. The number of rotatable bonds is 2. The minimum atomic E-state index is -5.08. The Kier molecular flexibility index (Phi) is 6.98. The van der Waals surface area contributed by atoms with Crippen LogP contribution in [-0.2, 0) is 11.2 Å². The molecule has 1 spiro atoms. The van der Waals surface area contributed by atoms with Gasteiger partial charge in [0.1, 0.15) is 11.4 Å². The molecule has 2 fully saturated rings. The van der Waals surface area contributed by atoms with Crippen LogP contribution < -0.4 is 9.64 Å². The van der Waals surface area contributed by atoms with Crippen molar-refractivity contribution in [2.75, 3.05) is 31.1 Å². The summed E-state index contributed by atoms with van der Waals surface area (Å²) in [7, 11) is 0. The Bertz CT molecular complexity index is 1010. The van der Waals surface area contributed by atoms with Crippen molar-refractivity contribution in [3.8, 4) is 5.75 Å². The largest absolute Gasteiger partial charge is 0.490 e. The molecule has 2 N–H and O–H groups in total. The van der Waals surface area contributed by atoms with Gasteiger partial charge in [0.2, 0.25) is 0 Å². The van der Waals surface area contributed by atoms with Gasteiger partial charge >= 0.3 is 12.1 Å². The van der Waals surface area contributed by atoms with Crippen molar-refractivity contribution in [3.05, 3.63) is 59.1 Å². The summed E-state index contributed by atoms with van der Waals surface area (Å²) < 4.78 is 38.1. The minimum Gasteiger partial charge on any atom is -0.487 e. The van der Waals surface area contributed by atoms with Gasteiger partial charge in [-0.15, -0.1) is 0 Å². The molecule has 0 amide bonds. The number of likely N-dealkylation sites (tertiary alicyclic amines) is 1. The van der Waals surface area contributed by atoms with Crippen LogP contribution in [0, 0.1) is 0 Å². The highest BCUT2D eigenvalue weighted by Crippen LogP contribution is 2.42. The third-order valence-corrected chi connectivity index (χ3v) is 6.90. The summed E-state index contributed by atoms with van der Waals surface area (Å²) in [5, 5.41) is 18.6. The Labute approximate surface area is 200 Å². The van der Waals surface area contributed by atoms with Crippen LogP contribution in [0.25, 0.3) is 0 Å². The molecule has 0 saturated carbocycles. The third kappa shape index (κ3) is 5.42. The molecule has 2 aromatic carbocycles. The summed E-state index contributed by atoms with van der Waals surface area (Å²) in [6.45, 7) is 3.52. The number of nitrogens with zero attached hydrogens (tertiary/aromatic N) is 2. The van der Waals surface area contributed by atoms with E-state index in [1.807, 2.05) is 24.3 Å². The number of anilines is 1. The van der Waals surface area contributed by atoms with E-state index >= 15 is 0 Å². The summed E-state index contributed by atoms with van der Waals surface area (Å²) in [6.07, 6.45) is -2.46. The smallest absolute Gasteiger partial charge is 0.487 e. The summed E-state index contributed by atoms with van der Waals surface area (Å²) in [5.74, 6) is -1.77. The number of benzene rings is 2. The number of fused-ring (bicyclic) bond motifs is 1. The predicted octanol–water partition coefficient (Wildman–Crippen LogP) is 3.99. The number of aliphatic hydroxyl groups excluding tert-OH is 1. The van der Waals surface area contributed by atoms with Gasteiger partial charge in [-0.25, -0.2) is 4.79 Å². The summed E-state index contributed by atoms with van der Waals surface area (Å²) >= 11 is 6.14. The van der Waals surface area contributed by atoms with Crippen LogP contribution in [0.3, 0.4) is 0 Å². The van der Waals surface area contributed by atoms with Gasteiger partial charge in [-0.3, -0.25) is 4.90 Å². The number of aliphatic carboxylic acids is 1. The Morgan fingerprint density at radius 3 is 2.35 bits per heavy atom. The molecular weight excluding hydrogens is 473 g/mol. The average molecular weight is 499 g/mol. The first kappa shape index (κ1) is 24.6. The molecule has 0 unspecified atom stereocenters. The van der Waals surface area contributed by atoms with Crippen molar-refractivity contribution in [2.45, 2.75) is 43.2 Å². The van der Waals surface area contributed by atoms with Crippen LogP contribution in [0.15, 0.2) is 48.5 Å². The third-order valence-electron chi connectivity index (χ3n) is 6.66. The molecule has 2 aromatic rings. The summed E-state index contributed by atoms with van der Waals surface area (Å²) in [4.78, 5) is 13.6. The van der Waals surface area contributed by atoms with Gasteiger partial charge in [0.25, 0.3) is 0 Å². The highest BCUT2D eigenvalue weighted by Gasteiger charge is 2.45. The van der Waals surface area contributed by atoms with E-state index in [1.165, 1.54) is 11.3 Å². The van der Waals surface area contributed by atoms with Crippen molar-refractivity contribution in [1.82, 2.24) is 4.90 Å². The number of hydrogen-bond acceptors (Lipinski definition) is 5. The first-order chi connectivity index (χ1) is 16.1. The van der Waals surface area contributed by atoms with Gasteiger partial charge in [0, 0.05) is 56.2 Å². The number of ether oxygens (including phenoxy) is 1. The van der Waals surface area contributed by atoms with Crippen LogP contribution in [0.2, 0.25) is 5.02 Å². The van der Waals surface area contributed by atoms with Crippen LogP contribution in [0.5, 0.6) is 5.75 Å². The number of alkyl halides is 3. The second-order valence-corrected chi connectivity index (χ2v) is 9.36. The average Bonchev–Trinajstić information content (AvgIpc) is 3.34. The lowest BCUT2D eigenvalue weighted by atomic mass is 9.86. The molecule has 5 rings (SSSR count). The lowest BCUT2D eigenvalue weighted by molar-refractivity contribution is -0.192. The molecule has 184 valence electrons. The number of halogens is 4. The maximum Gasteiger partial charge on any atom is 0.490 e. The Hall–Kier alpha value is -2.49.